The summed E-state index contributed by atoms with van der Waals surface area (Å²) < 4.78 is 11.0. The second-order valence-corrected chi connectivity index (χ2v) is 8.62. The van der Waals surface area contributed by atoms with Crippen LogP contribution >= 0.6 is 0 Å². The van der Waals surface area contributed by atoms with Crippen molar-refractivity contribution in [3.05, 3.63) is 64.7 Å². The topological polar surface area (TPSA) is 79.3 Å². The van der Waals surface area contributed by atoms with Crippen molar-refractivity contribution in [1.82, 2.24) is 9.80 Å². The minimum atomic E-state index is -0.687. The van der Waals surface area contributed by atoms with Crippen LogP contribution in [-0.2, 0) is 9.59 Å². The Morgan fingerprint density at radius 1 is 1.06 bits per heavy atom. The van der Waals surface area contributed by atoms with Crippen molar-refractivity contribution in [2.24, 2.45) is 0 Å². The fourth-order valence-corrected chi connectivity index (χ4v) is 4.39. The summed E-state index contributed by atoms with van der Waals surface area (Å²) >= 11 is 0. The number of nitrogens with zero attached hydrogens (tertiary/aromatic N) is 2. The van der Waals surface area contributed by atoms with Crippen LogP contribution in [0.15, 0.2) is 48.0 Å². The Morgan fingerprint density at radius 3 is 2.31 bits per heavy atom. The van der Waals surface area contributed by atoms with Gasteiger partial charge < -0.3 is 24.4 Å². The van der Waals surface area contributed by atoms with E-state index in [1.54, 1.807) is 30.2 Å². The number of rotatable bonds is 11. The van der Waals surface area contributed by atoms with E-state index in [0.717, 1.165) is 36.4 Å². The highest BCUT2D eigenvalue weighted by Crippen LogP contribution is 2.40. The lowest BCUT2D eigenvalue weighted by molar-refractivity contribution is -0.140. The molecule has 1 fully saturated rings. The van der Waals surface area contributed by atoms with Crippen LogP contribution in [0.3, 0.4) is 0 Å². The molecule has 7 heteroatoms. The Labute approximate surface area is 207 Å². The van der Waals surface area contributed by atoms with Crippen LogP contribution in [0, 0.1) is 6.92 Å². The van der Waals surface area contributed by atoms with Crippen molar-refractivity contribution in [3.63, 3.8) is 0 Å². The third kappa shape index (κ3) is 5.68. The van der Waals surface area contributed by atoms with Gasteiger partial charge in [0.25, 0.3) is 11.7 Å². The van der Waals surface area contributed by atoms with Gasteiger partial charge in [-0.2, -0.15) is 0 Å². The highest BCUT2D eigenvalue weighted by atomic mass is 16.5. The van der Waals surface area contributed by atoms with Crippen molar-refractivity contribution in [3.8, 4) is 11.5 Å². The zero-order valence-electron chi connectivity index (χ0n) is 21.3. The number of amides is 1. The number of carbonyl (C=O) groups excluding carboxylic acids is 2. The largest absolute Gasteiger partial charge is 0.507 e. The summed E-state index contributed by atoms with van der Waals surface area (Å²) in [6.45, 7) is 11.4. The number of ketones is 1. The molecule has 3 rings (SSSR count). The first kappa shape index (κ1) is 26.3. The molecule has 1 heterocycles. The van der Waals surface area contributed by atoms with Crippen LogP contribution in [0.1, 0.15) is 49.9 Å². The second kappa shape index (κ2) is 11.9. The Kier molecular flexibility index (Phi) is 8.93. The number of aliphatic hydroxyl groups is 1. The summed E-state index contributed by atoms with van der Waals surface area (Å²) in [5.41, 5.74) is 2.14. The first-order chi connectivity index (χ1) is 16.9. The molecule has 1 unspecified atom stereocenters. The number of hydrogen-bond acceptors (Lipinski definition) is 6. The van der Waals surface area contributed by atoms with Gasteiger partial charge in [0.2, 0.25) is 0 Å². The Hall–Kier alpha value is -3.32. The molecule has 7 nitrogen and oxygen atoms in total. The fraction of sp³-hybridized carbons (Fsp3) is 0.429. The quantitative estimate of drug-likeness (QED) is 0.289. The van der Waals surface area contributed by atoms with Crippen LogP contribution in [0.25, 0.3) is 5.76 Å². The van der Waals surface area contributed by atoms with E-state index in [9.17, 15) is 14.7 Å². The molecule has 1 atom stereocenters. The minimum absolute atomic E-state index is 0.0985. The van der Waals surface area contributed by atoms with Gasteiger partial charge in [-0.25, -0.2) is 0 Å². The molecule has 2 aromatic rings. The third-order valence-corrected chi connectivity index (χ3v) is 6.43. The summed E-state index contributed by atoms with van der Waals surface area (Å²) in [5, 5.41) is 11.3. The fourth-order valence-electron chi connectivity index (χ4n) is 4.39. The molecule has 1 N–H and O–H groups in total. The highest BCUT2D eigenvalue weighted by Gasteiger charge is 2.46. The standard InChI is InChI=1S/C28H36N2O5/c1-6-17-35-22-12-9-20(10-13-22)25-24(26(31)21-11-14-23(34-5)19(4)18-21)27(32)28(33)30(25)16-15-29(7-2)8-3/h9-14,18,25,31H,6-8,15-17H2,1-5H3/b26-24+. The van der Waals surface area contributed by atoms with Gasteiger partial charge in [0.1, 0.15) is 17.3 Å². The van der Waals surface area contributed by atoms with E-state index < -0.39 is 17.7 Å². The highest BCUT2D eigenvalue weighted by molar-refractivity contribution is 6.46. The van der Waals surface area contributed by atoms with E-state index in [1.807, 2.05) is 38.1 Å². The maximum atomic E-state index is 13.2. The summed E-state index contributed by atoms with van der Waals surface area (Å²) in [6.07, 6.45) is 0.897. The molecular weight excluding hydrogens is 444 g/mol. The van der Waals surface area contributed by atoms with Gasteiger partial charge in [0.05, 0.1) is 25.3 Å². The Bertz CT molecular complexity index is 1070. The lowest BCUT2D eigenvalue weighted by Crippen LogP contribution is -2.38. The molecule has 0 bridgehead atoms. The molecule has 188 valence electrons. The van der Waals surface area contributed by atoms with E-state index in [0.29, 0.717) is 31.0 Å². The summed E-state index contributed by atoms with van der Waals surface area (Å²) in [5.74, 6) is -0.0512. The van der Waals surface area contributed by atoms with E-state index in [1.165, 1.54) is 0 Å². The van der Waals surface area contributed by atoms with Gasteiger partial charge in [-0.15, -0.1) is 0 Å². The van der Waals surface area contributed by atoms with Gasteiger partial charge in [-0.05, 0) is 67.9 Å². The van der Waals surface area contributed by atoms with Crippen molar-refractivity contribution in [1.29, 1.82) is 0 Å². The molecule has 0 aliphatic carbocycles. The Morgan fingerprint density at radius 2 is 1.74 bits per heavy atom. The molecule has 0 radical (unpaired) electrons. The number of methoxy groups -OCH3 is 1. The number of aryl methyl sites for hydroxylation is 1. The van der Waals surface area contributed by atoms with Crippen LogP contribution in [0.5, 0.6) is 11.5 Å². The molecule has 1 aliphatic rings. The minimum Gasteiger partial charge on any atom is -0.507 e. The number of likely N-dealkylation sites (N-methyl/N-ethyl adjacent to an activating group) is 1. The smallest absolute Gasteiger partial charge is 0.295 e. The number of Topliss-reactive ketones (excluding diaryl/α,β-unsaturated/α-hetero) is 1. The number of carbonyl (C=O) groups is 2. The predicted octanol–water partition coefficient (Wildman–Crippen LogP) is 4.56. The average molecular weight is 481 g/mol. The SMILES string of the molecule is CCCOc1ccc(C2/C(=C(\O)c3ccc(OC)c(C)c3)C(=O)C(=O)N2CCN(CC)CC)cc1. The van der Waals surface area contributed by atoms with Crippen LogP contribution in [0.2, 0.25) is 0 Å². The lowest BCUT2D eigenvalue weighted by Gasteiger charge is -2.28. The summed E-state index contributed by atoms with van der Waals surface area (Å²) in [7, 11) is 1.58. The van der Waals surface area contributed by atoms with Gasteiger partial charge in [-0.1, -0.05) is 32.9 Å². The molecule has 2 aromatic carbocycles. The van der Waals surface area contributed by atoms with Crippen molar-refractivity contribution in [2.75, 3.05) is 39.9 Å². The first-order valence-corrected chi connectivity index (χ1v) is 12.2. The molecule has 1 amide bonds. The third-order valence-electron chi connectivity index (χ3n) is 6.43. The molecule has 0 aromatic heterocycles. The van der Waals surface area contributed by atoms with Gasteiger partial charge in [0, 0.05) is 18.7 Å². The average Bonchev–Trinajstić information content (AvgIpc) is 3.12. The number of ether oxygens (including phenoxy) is 2. The number of aliphatic hydroxyl groups excluding tert-OH is 1. The van der Waals surface area contributed by atoms with Gasteiger partial charge >= 0.3 is 0 Å². The van der Waals surface area contributed by atoms with E-state index in [4.69, 9.17) is 9.47 Å². The molecule has 35 heavy (non-hydrogen) atoms. The number of hydrogen-bond donors (Lipinski definition) is 1. The zero-order valence-corrected chi connectivity index (χ0v) is 21.3. The van der Waals surface area contributed by atoms with Crippen molar-refractivity contribution in [2.45, 2.75) is 40.2 Å². The molecule has 0 saturated carbocycles. The lowest BCUT2D eigenvalue weighted by atomic mass is 9.94. The predicted molar refractivity (Wildman–Crippen MR) is 137 cm³/mol. The number of likely N-dealkylation sites (tertiary alicyclic amines) is 1. The van der Waals surface area contributed by atoms with E-state index in [2.05, 4.69) is 18.7 Å². The molecule has 0 spiro atoms. The first-order valence-electron chi connectivity index (χ1n) is 12.2. The maximum Gasteiger partial charge on any atom is 0.295 e. The normalized spacial score (nSPS) is 17.3. The van der Waals surface area contributed by atoms with Crippen LogP contribution < -0.4 is 9.47 Å². The monoisotopic (exact) mass is 480 g/mol. The molecule has 1 saturated heterocycles. The molecule has 1 aliphatic heterocycles. The Balaban J connectivity index is 2.07. The van der Waals surface area contributed by atoms with Crippen molar-refractivity contribution < 1.29 is 24.2 Å². The summed E-state index contributed by atoms with van der Waals surface area (Å²) in [6, 6.07) is 11.9. The van der Waals surface area contributed by atoms with Crippen LogP contribution in [0.4, 0.5) is 0 Å². The maximum absolute atomic E-state index is 13.2. The zero-order chi connectivity index (χ0) is 25.5. The second-order valence-electron chi connectivity index (χ2n) is 8.62. The van der Waals surface area contributed by atoms with Crippen LogP contribution in [-0.4, -0.2) is 66.5 Å². The van der Waals surface area contributed by atoms with Gasteiger partial charge in [0.15, 0.2) is 0 Å². The van der Waals surface area contributed by atoms with E-state index >= 15 is 0 Å². The summed E-state index contributed by atoms with van der Waals surface area (Å²) in [4.78, 5) is 30.2. The van der Waals surface area contributed by atoms with Gasteiger partial charge in [-0.3, -0.25) is 9.59 Å². The van der Waals surface area contributed by atoms with E-state index in [-0.39, 0.29) is 11.3 Å². The molecular formula is C28H36N2O5. The van der Waals surface area contributed by atoms with Crippen molar-refractivity contribution >= 4 is 17.4 Å². The number of benzene rings is 2.